The maximum atomic E-state index is 11.7. The van der Waals surface area contributed by atoms with Crippen LogP contribution in [0, 0.1) is 0 Å². The summed E-state index contributed by atoms with van der Waals surface area (Å²) in [5.74, 6) is -0.533. The van der Waals surface area contributed by atoms with Crippen LogP contribution in [0.25, 0.3) is 0 Å². The van der Waals surface area contributed by atoms with Crippen molar-refractivity contribution in [2.24, 2.45) is 5.73 Å². The molecule has 1 amide bonds. The number of nitrogens with one attached hydrogen (secondary N) is 1. The Hall–Kier alpha value is -1.82. The normalized spacial score (nSPS) is 17.6. The van der Waals surface area contributed by atoms with Gasteiger partial charge in [0, 0.05) is 18.3 Å². The maximum absolute atomic E-state index is 11.7. The molecule has 2 heterocycles. The quantitative estimate of drug-likeness (QED) is 0.764. The van der Waals surface area contributed by atoms with Crippen molar-refractivity contribution in [1.82, 2.24) is 9.58 Å². The second kappa shape index (κ2) is 5.22. The molecule has 18 heavy (non-hydrogen) atoms. The first-order valence-electron chi connectivity index (χ1n) is 6.04. The van der Waals surface area contributed by atoms with E-state index in [1.807, 2.05) is 0 Å². The van der Waals surface area contributed by atoms with Crippen molar-refractivity contribution in [3.8, 4) is 0 Å². The van der Waals surface area contributed by atoms with E-state index in [0.717, 1.165) is 25.9 Å². The van der Waals surface area contributed by atoms with E-state index in [9.17, 15) is 9.59 Å². The molecular weight excluding hydrogens is 232 g/mol. The molecule has 0 spiro atoms. The van der Waals surface area contributed by atoms with Gasteiger partial charge in [-0.1, -0.05) is 0 Å². The first-order chi connectivity index (χ1) is 8.56. The third kappa shape index (κ3) is 2.89. The second-order valence-electron chi connectivity index (χ2n) is 4.70. The lowest BCUT2D eigenvalue weighted by molar-refractivity contribution is 0.0999. The number of carbonyl (C=O) groups excluding carboxylic acids is 1. The molecule has 0 radical (unpaired) electrons. The molecule has 1 saturated heterocycles. The highest BCUT2D eigenvalue weighted by Crippen LogP contribution is 2.08. The lowest BCUT2D eigenvalue weighted by Gasteiger charge is -2.30. The Morgan fingerprint density at radius 1 is 1.39 bits per heavy atom. The zero-order valence-electron chi connectivity index (χ0n) is 10.4. The van der Waals surface area contributed by atoms with Gasteiger partial charge in [-0.25, -0.2) is 4.68 Å². The molecular formula is C12H18N4O2. The number of nitrogens with two attached hydrogens (primary N) is 1. The molecule has 1 aromatic heterocycles. The minimum Gasteiger partial charge on any atom is -0.366 e. The van der Waals surface area contributed by atoms with Crippen LogP contribution in [0.4, 0.5) is 0 Å². The standard InChI is InChI=1S/C12H18N4O2/c1-15-6-4-10(5-7-15)14-16-8-9(12(13)18)2-3-11(16)17/h2-3,8,10,14H,4-7H2,1H3,(H2,13,18). The van der Waals surface area contributed by atoms with E-state index in [0.29, 0.717) is 5.56 Å². The molecule has 0 atom stereocenters. The molecule has 3 N–H and O–H groups in total. The lowest BCUT2D eigenvalue weighted by Crippen LogP contribution is -2.42. The average molecular weight is 250 g/mol. The largest absolute Gasteiger partial charge is 0.366 e. The molecule has 1 aliphatic rings. The summed E-state index contributed by atoms with van der Waals surface area (Å²) in [6.07, 6.45) is 3.41. The second-order valence-corrected chi connectivity index (χ2v) is 4.70. The molecule has 98 valence electrons. The number of amides is 1. The predicted molar refractivity (Wildman–Crippen MR) is 69.1 cm³/mol. The number of primary amides is 1. The van der Waals surface area contributed by atoms with Crippen molar-refractivity contribution in [3.63, 3.8) is 0 Å². The summed E-state index contributed by atoms with van der Waals surface area (Å²) in [4.78, 5) is 25.0. The van der Waals surface area contributed by atoms with Gasteiger partial charge >= 0.3 is 0 Å². The molecule has 1 aliphatic heterocycles. The van der Waals surface area contributed by atoms with Crippen LogP contribution in [0.1, 0.15) is 23.2 Å². The van der Waals surface area contributed by atoms with Crippen molar-refractivity contribution in [2.75, 3.05) is 25.6 Å². The smallest absolute Gasteiger partial charge is 0.268 e. The highest BCUT2D eigenvalue weighted by atomic mass is 16.1. The van der Waals surface area contributed by atoms with Gasteiger partial charge < -0.3 is 16.1 Å². The van der Waals surface area contributed by atoms with Crippen LogP contribution in [-0.4, -0.2) is 41.7 Å². The van der Waals surface area contributed by atoms with Gasteiger partial charge in [0.2, 0.25) is 5.91 Å². The molecule has 0 aromatic carbocycles. The molecule has 1 fully saturated rings. The molecule has 2 rings (SSSR count). The van der Waals surface area contributed by atoms with Crippen LogP contribution in [0.3, 0.4) is 0 Å². The number of piperidine rings is 1. The average Bonchev–Trinajstić information content (AvgIpc) is 2.34. The Balaban J connectivity index is 2.11. The Bertz CT molecular complexity index is 489. The highest BCUT2D eigenvalue weighted by Gasteiger charge is 2.16. The number of hydrogen-bond donors (Lipinski definition) is 2. The van der Waals surface area contributed by atoms with E-state index >= 15 is 0 Å². The third-order valence-electron chi connectivity index (χ3n) is 3.24. The molecule has 0 saturated carbocycles. The van der Waals surface area contributed by atoms with Gasteiger partial charge in [0.15, 0.2) is 0 Å². The fourth-order valence-electron chi connectivity index (χ4n) is 2.07. The Morgan fingerprint density at radius 2 is 2.06 bits per heavy atom. The van der Waals surface area contributed by atoms with Crippen LogP contribution in [-0.2, 0) is 0 Å². The van der Waals surface area contributed by atoms with Gasteiger partial charge in [0.05, 0.1) is 5.56 Å². The zero-order valence-corrected chi connectivity index (χ0v) is 10.4. The molecule has 0 unspecified atom stereocenters. The fraction of sp³-hybridized carbons (Fsp3) is 0.500. The predicted octanol–water partition coefficient (Wildman–Crippen LogP) is -0.415. The minimum absolute atomic E-state index is 0.182. The third-order valence-corrected chi connectivity index (χ3v) is 3.24. The van der Waals surface area contributed by atoms with Crippen LogP contribution in [0.2, 0.25) is 0 Å². The Morgan fingerprint density at radius 3 is 2.67 bits per heavy atom. The summed E-state index contributed by atoms with van der Waals surface area (Å²) < 4.78 is 1.36. The van der Waals surface area contributed by atoms with Gasteiger partial charge in [0.1, 0.15) is 0 Å². The summed E-state index contributed by atoms with van der Waals surface area (Å²) in [7, 11) is 2.08. The van der Waals surface area contributed by atoms with E-state index in [4.69, 9.17) is 5.73 Å². The summed E-state index contributed by atoms with van der Waals surface area (Å²) >= 11 is 0. The summed E-state index contributed by atoms with van der Waals surface area (Å²) in [6.45, 7) is 2.00. The Kier molecular flexibility index (Phi) is 3.66. The van der Waals surface area contributed by atoms with Crippen LogP contribution >= 0.6 is 0 Å². The zero-order chi connectivity index (χ0) is 13.1. The van der Waals surface area contributed by atoms with E-state index in [-0.39, 0.29) is 11.6 Å². The molecule has 0 aliphatic carbocycles. The van der Waals surface area contributed by atoms with Crippen LogP contribution in [0.5, 0.6) is 0 Å². The number of aromatic nitrogens is 1. The van der Waals surface area contributed by atoms with Gasteiger partial charge in [-0.05, 0) is 39.0 Å². The lowest BCUT2D eigenvalue weighted by atomic mass is 10.1. The maximum Gasteiger partial charge on any atom is 0.268 e. The first-order valence-corrected chi connectivity index (χ1v) is 6.04. The molecule has 6 nitrogen and oxygen atoms in total. The van der Waals surface area contributed by atoms with Gasteiger partial charge in [0.25, 0.3) is 5.56 Å². The van der Waals surface area contributed by atoms with Gasteiger partial charge in [-0.2, -0.15) is 0 Å². The minimum atomic E-state index is -0.533. The number of carbonyl (C=O) groups is 1. The molecule has 6 heteroatoms. The van der Waals surface area contributed by atoms with Gasteiger partial charge in [-0.3, -0.25) is 9.59 Å². The Labute approximate surface area is 105 Å². The molecule has 1 aromatic rings. The van der Waals surface area contributed by atoms with Crippen molar-refractivity contribution < 1.29 is 4.79 Å². The van der Waals surface area contributed by atoms with E-state index in [1.165, 1.54) is 23.0 Å². The first kappa shape index (κ1) is 12.6. The fourth-order valence-corrected chi connectivity index (χ4v) is 2.07. The van der Waals surface area contributed by atoms with Crippen LogP contribution in [0.15, 0.2) is 23.1 Å². The number of rotatable bonds is 3. The van der Waals surface area contributed by atoms with Crippen molar-refractivity contribution >= 4 is 5.91 Å². The van der Waals surface area contributed by atoms with Crippen molar-refractivity contribution in [2.45, 2.75) is 18.9 Å². The summed E-state index contributed by atoms with van der Waals surface area (Å²) in [5.41, 5.74) is 8.48. The monoisotopic (exact) mass is 250 g/mol. The topological polar surface area (TPSA) is 80.4 Å². The van der Waals surface area contributed by atoms with E-state index < -0.39 is 5.91 Å². The summed E-state index contributed by atoms with van der Waals surface area (Å²) in [5, 5.41) is 0. The number of pyridine rings is 1. The number of likely N-dealkylation sites (tertiary alicyclic amines) is 1. The number of hydrogen-bond acceptors (Lipinski definition) is 4. The molecule has 0 bridgehead atoms. The SMILES string of the molecule is CN1CCC(Nn2cc(C(N)=O)ccc2=O)CC1. The van der Waals surface area contributed by atoms with Crippen molar-refractivity contribution in [1.29, 1.82) is 0 Å². The van der Waals surface area contributed by atoms with Crippen molar-refractivity contribution in [3.05, 3.63) is 34.2 Å². The van der Waals surface area contributed by atoms with E-state index in [2.05, 4.69) is 17.4 Å². The summed E-state index contributed by atoms with van der Waals surface area (Å²) in [6, 6.07) is 3.04. The van der Waals surface area contributed by atoms with Gasteiger partial charge in [-0.15, -0.1) is 0 Å². The van der Waals surface area contributed by atoms with E-state index in [1.54, 1.807) is 0 Å². The van der Waals surface area contributed by atoms with Crippen LogP contribution < -0.4 is 16.7 Å². The highest BCUT2D eigenvalue weighted by molar-refractivity contribution is 5.92. The number of nitrogens with zero attached hydrogens (tertiary/aromatic N) is 2.